The van der Waals surface area contributed by atoms with Gasteiger partial charge in [0.15, 0.2) is 0 Å². The third-order valence-electron chi connectivity index (χ3n) is 3.34. The first-order chi connectivity index (χ1) is 12.2. The van der Waals surface area contributed by atoms with Crippen molar-refractivity contribution in [3.8, 4) is 5.75 Å². The molecule has 0 spiro atoms. The van der Waals surface area contributed by atoms with E-state index in [-0.39, 0.29) is 12.3 Å². The minimum absolute atomic E-state index is 0.188. The monoisotopic (exact) mass is 342 g/mol. The zero-order valence-electron chi connectivity index (χ0n) is 14.2. The highest BCUT2D eigenvalue weighted by molar-refractivity contribution is 5.97. The van der Waals surface area contributed by atoms with Gasteiger partial charge in [-0.1, -0.05) is 42.5 Å². The van der Waals surface area contributed by atoms with Crippen LogP contribution in [0.1, 0.15) is 22.8 Å². The molecule has 0 saturated heterocycles. The Labute approximate surface area is 147 Å². The third-order valence-corrected chi connectivity index (χ3v) is 3.34. The number of carbonyl (C=O) groups excluding carboxylic acids is 2. The van der Waals surface area contributed by atoms with Gasteiger partial charge < -0.3 is 9.47 Å². The number of para-hydroxylation sites is 1. The van der Waals surface area contributed by atoms with Crippen LogP contribution in [0.25, 0.3) is 0 Å². The van der Waals surface area contributed by atoms with Crippen LogP contribution in [0.3, 0.4) is 0 Å². The number of nitrogens with one attached hydrogen (secondary N) is 2. The van der Waals surface area contributed by atoms with E-state index in [0.717, 1.165) is 5.56 Å². The molecule has 0 aromatic heterocycles. The van der Waals surface area contributed by atoms with E-state index in [1.165, 1.54) is 0 Å². The summed E-state index contributed by atoms with van der Waals surface area (Å²) in [6.45, 7) is 3.30. The minimum Gasteiger partial charge on any atom is -0.490 e. The Morgan fingerprint density at radius 2 is 1.64 bits per heavy atom. The van der Waals surface area contributed by atoms with E-state index in [0.29, 0.717) is 31.1 Å². The Morgan fingerprint density at radius 3 is 2.40 bits per heavy atom. The SMILES string of the molecule is CCOCCOc1ccccc1C(=O)NNC(=O)Cc1ccccc1. The molecule has 2 N–H and O–H groups in total. The van der Waals surface area contributed by atoms with Gasteiger partial charge in [0.05, 0.1) is 18.6 Å². The highest BCUT2D eigenvalue weighted by Crippen LogP contribution is 2.17. The molecule has 0 bridgehead atoms. The van der Waals surface area contributed by atoms with Crippen LogP contribution >= 0.6 is 0 Å². The lowest BCUT2D eigenvalue weighted by atomic mass is 10.1. The molecule has 0 unspecified atom stereocenters. The van der Waals surface area contributed by atoms with E-state index in [1.807, 2.05) is 37.3 Å². The molecular formula is C19H22N2O4. The molecule has 0 atom stereocenters. The summed E-state index contributed by atoms with van der Waals surface area (Å²) >= 11 is 0. The molecule has 0 heterocycles. The van der Waals surface area contributed by atoms with Crippen molar-refractivity contribution in [1.82, 2.24) is 10.9 Å². The Kier molecular flexibility index (Phi) is 7.46. The first-order valence-electron chi connectivity index (χ1n) is 8.13. The fourth-order valence-electron chi connectivity index (χ4n) is 2.15. The number of carbonyl (C=O) groups is 2. The van der Waals surface area contributed by atoms with Gasteiger partial charge in [0, 0.05) is 6.61 Å². The van der Waals surface area contributed by atoms with Gasteiger partial charge in [-0.15, -0.1) is 0 Å². The Morgan fingerprint density at radius 1 is 0.920 bits per heavy atom. The number of amides is 2. The first-order valence-corrected chi connectivity index (χ1v) is 8.13. The molecular weight excluding hydrogens is 320 g/mol. The Hall–Kier alpha value is -2.86. The summed E-state index contributed by atoms with van der Waals surface area (Å²) in [4.78, 5) is 24.2. The zero-order valence-corrected chi connectivity index (χ0v) is 14.2. The summed E-state index contributed by atoms with van der Waals surface area (Å²) in [7, 11) is 0. The minimum atomic E-state index is -0.437. The number of hydrogen-bond donors (Lipinski definition) is 2. The van der Waals surface area contributed by atoms with Gasteiger partial charge in [0.25, 0.3) is 5.91 Å². The van der Waals surface area contributed by atoms with Crippen LogP contribution < -0.4 is 15.6 Å². The fraction of sp³-hybridized carbons (Fsp3) is 0.263. The molecule has 0 aliphatic carbocycles. The van der Waals surface area contributed by atoms with Crippen molar-refractivity contribution in [3.63, 3.8) is 0 Å². The highest BCUT2D eigenvalue weighted by Gasteiger charge is 2.13. The summed E-state index contributed by atoms with van der Waals surface area (Å²) < 4.78 is 10.8. The van der Waals surface area contributed by atoms with Gasteiger partial charge in [0.1, 0.15) is 12.4 Å². The highest BCUT2D eigenvalue weighted by atomic mass is 16.5. The second-order valence-corrected chi connectivity index (χ2v) is 5.21. The van der Waals surface area contributed by atoms with Crippen molar-refractivity contribution in [3.05, 3.63) is 65.7 Å². The molecule has 2 aromatic rings. The molecule has 2 rings (SSSR count). The summed E-state index contributed by atoms with van der Waals surface area (Å²) in [5.41, 5.74) is 6.04. The predicted molar refractivity (Wildman–Crippen MR) is 94.2 cm³/mol. The van der Waals surface area contributed by atoms with Crippen LogP contribution in [0.5, 0.6) is 5.75 Å². The second-order valence-electron chi connectivity index (χ2n) is 5.21. The molecule has 6 heteroatoms. The normalized spacial score (nSPS) is 10.1. The molecule has 0 aliphatic rings. The average Bonchev–Trinajstić information content (AvgIpc) is 2.64. The summed E-state index contributed by atoms with van der Waals surface area (Å²) in [5, 5.41) is 0. The van der Waals surface area contributed by atoms with Gasteiger partial charge in [-0.3, -0.25) is 20.4 Å². The van der Waals surface area contributed by atoms with Crippen molar-refractivity contribution < 1.29 is 19.1 Å². The van der Waals surface area contributed by atoms with Crippen LogP contribution in [0, 0.1) is 0 Å². The van der Waals surface area contributed by atoms with Crippen molar-refractivity contribution >= 4 is 11.8 Å². The lowest BCUT2D eigenvalue weighted by Crippen LogP contribution is -2.42. The predicted octanol–water partition coefficient (Wildman–Crippen LogP) is 2.11. The summed E-state index contributed by atoms with van der Waals surface area (Å²) in [6.07, 6.45) is 0.188. The van der Waals surface area contributed by atoms with Gasteiger partial charge in [-0.25, -0.2) is 0 Å². The molecule has 0 radical (unpaired) electrons. The van der Waals surface area contributed by atoms with Gasteiger partial charge in [0.2, 0.25) is 5.91 Å². The zero-order chi connectivity index (χ0) is 17.9. The molecule has 132 valence electrons. The van der Waals surface area contributed by atoms with Crippen molar-refractivity contribution in [2.24, 2.45) is 0 Å². The molecule has 6 nitrogen and oxygen atoms in total. The standard InChI is InChI=1S/C19H22N2O4/c1-2-24-12-13-25-17-11-7-6-10-16(17)19(23)21-20-18(22)14-15-8-4-3-5-9-15/h3-11H,2,12-14H2,1H3,(H,20,22)(H,21,23). The van der Waals surface area contributed by atoms with E-state index in [4.69, 9.17) is 9.47 Å². The third kappa shape index (κ3) is 6.27. The Balaban J connectivity index is 1.86. The van der Waals surface area contributed by atoms with Gasteiger partial charge in [-0.05, 0) is 24.6 Å². The first kappa shape index (κ1) is 18.5. The molecule has 2 aromatic carbocycles. The largest absolute Gasteiger partial charge is 0.490 e. The second kappa shape index (κ2) is 10.1. The number of rotatable bonds is 8. The van der Waals surface area contributed by atoms with Crippen LogP contribution in [0.15, 0.2) is 54.6 Å². The van der Waals surface area contributed by atoms with Gasteiger partial charge in [-0.2, -0.15) is 0 Å². The maximum absolute atomic E-state index is 12.3. The average molecular weight is 342 g/mol. The van der Waals surface area contributed by atoms with E-state index in [2.05, 4.69) is 10.9 Å². The number of hydrazine groups is 1. The van der Waals surface area contributed by atoms with E-state index < -0.39 is 5.91 Å². The molecule has 2 amide bonds. The van der Waals surface area contributed by atoms with Crippen molar-refractivity contribution in [1.29, 1.82) is 0 Å². The maximum atomic E-state index is 12.3. The van der Waals surface area contributed by atoms with E-state index in [9.17, 15) is 9.59 Å². The molecule has 25 heavy (non-hydrogen) atoms. The summed E-state index contributed by atoms with van der Waals surface area (Å²) in [5.74, 6) is -0.292. The van der Waals surface area contributed by atoms with E-state index >= 15 is 0 Å². The molecule has 0 saturated carbocycles. The fourth-order valence-corrected chi connectivity index (χ4v) is 2.15. The van der Waals surface area contributed by atoms with Gasteiger partial charge >= 0.3 is 0 Å². The molecule has 0 aliphatic heterocycles. The lowest BCUT2D eigenvalue weighted by Gasteiger charge is -2.12. The topological polar surface area (TPSA) is 76.7 Å². The number of ether oxygens (including phenoxy) is 2. The van der Waals surface area contributed by atoms with Crippen LogP contribution in [0.4, 0.5) is 0 Å². The van der Waals surface area contributed by atoms with Crippen LogP contribution in [-0.4, -0.2) is 31.6 Å². The van der Waals surface area contributed by atoms with Crippen molar-refractivity contribution in [2.45, 2.75) is 13.3 Å². The van der Waals surface area contributed by atoms with Crippen LogP contribution in [-0.2, 0) is 16.0 Å². The van der Waals surface area contributed by atoms with E-state index in [1.54, 1.807) is 24.3 Å². The Bertz CT molecular complexity index is 689. The van der Waals surface area contributed by atoms with Crippen LogP contribution in [0.2, 0.25) is 0 Å². The van der Waals surface area contributed by atoms with Crippen molar-refractivity contribution in [2.75, 3.05) is 19.8 Å². The summed E-state index contributed by atoms with van der Waals surface area (Å²) in [6, 6.07) is 16.1. The molecule has 0 fully saturated rings. The maximum Gasteiger partial charge on any atom is 0.273 e. The quantitative estimate of drug-likeness (QED) is 0.569. The smallest absolute Gasteiger partial charge is 0.273 e. The number of benzene rings is 2. The number of hydrogen-bond acceptors (Lipinski definition) is 4. The lowest BCUT2D eigenvalue weighted by molar-refractivity contribution is -0.121.